The zero-order valence-corrected chi connectivity index (χ0v) is 14.0. The van der Waals surface area contributed by atoms with E-state index >= 15 is 0 Å². The minimum atomic E-state index is -0.215. The molecule has 1 amide bonds. The minimum absolute atomic E-state index is 0.101. The molecule has 0 aliphatic carbocycles. The first kappa shape index (κ1) is 16.8. The third-order valence-electron chi connectivity index (χ3n) is 3.49. The van der Waals surface area contributed by atoms with Crippen molar-refractivity contribution in [3.8, 4) is 11.5 Å². The molecule has 0 aliphatic heterocycles. The molecular weight excluding hydrogens is 322 g/mol. The highest BCUT2D eigenvalue weighted by molar-refractivity contribution is 9.09. The summed E-state index contributed by atoms with van der Waals surface area (Å²) in [4.78, 5) is 12.3. The molecule has 1 aromatic rings. The SMILES string of the molecule is CCC(C)(CCBr)NC(=O)c1ccc(OC)c(OC)c1. The fraction of sp³-hybridized carbons (Fsp3) is 0.533. The lowest BCUT2D eigenvalue weighted by atomic mass is 9.95. The molecule has 0 bridgehead atoms. The van der Waals surface area contributed by atoms with Crippen molar-refractivity contribution < 1.29 is 14.3 Å². The molecule has 0 saturated heterocycles. The van der Waals surface area contributed by atoms with Gasteiger partial charge in [-0.05, 0) is 38.0 Å². The quantitative estimate of drug-likeness (QED) is 0.772. The first-order valence-electron chi connectivity index (χ1n) is 6.60. The van der Waals surface area contributed by atoms with E-state index in [0.29, 0.717) is 17.1 Å². The number of carbonyl (C=O) groups is 1. The van der Waals surface area contributed by atoms with Gasteiger partial charge in [-0.2, -0.15) is 0 Å². The maximum absolute atomic E-state index is 12.3. The second-order valence-electron chi connectivity index (χ2n) is 4.88. The third kappa shape index (κ3) is 4.13. The van der Waals surface area contributed by atoms with Gasteiger partial charge in [0.05, 0.1) is 14.2 Å². The molecule has 1 aromatic carbocycles. The first-order valence-corrected chi connectivity index (χ1v) is 7.72. The van der Waals surface area contributed by atoms with Gasteiger partial charge in [0.1, 0.15) is 0 Å². The highest BCUT2D eigenvalue weighted by Crippen LogP contribution is 2.28. The standard InChI is InChI=1S/C15H22BrNO3/c1-5-15(2,8-9-16)17-14(18)11-6-7-12(19-3)13(10-11)20-4/h6-7,10H,5,8-9H2,1-4H3,(H,17,18). The molecular formula is C15H22BrNO3. The minimum Gasteiger partial charge on any atom is -0.493 e. The van der Waals surface area contributed by atoms with Crippen molar-refractivity contribution in [1.29, 1.82) is 0 Å². The summed E-state index contributed by atoms with van der Waals surface area (Å²) in [5.74, 6) is 1.07. The highest BCUT2D eigenvalue weighted by atomic mass is 79.9. The van der Waals surface area contributed by atoms with Gasteiger partial charge in [0.15, 0.2) is 11.5 Å². The Bertz CT molecular complexity index is 464. The lowest BCUT2D eigenvalue weighted by molar-refractivity contribution is 0.0901. The number of rotatable bonds is 7. The number of benzene rings is 1. The number of carbonyl (C=O) groups excluding carboxylic acids is 1. The maximum Gasteiger partial charge on any atom is 0.251 e. The number of ether oxygens (including phenoxy) is 2. The van der Waals surface area contributed by atoms with Gasteiger partial charge >= 0.3 is 0 Å². The monoisotopic (exact) mass is 343 g/mol. The Morgan fingerprint density at radius 2 is 1.95 bits per heavy atom. The van der Waals surface area contributed by atoms with Gasteiger partial charge < -0.3 is 14.8 Å². The molecule has 0 heterocycles. The zero-order valence-electron chi connectivity index (χ0n) is 12.5. The average Bonchev–Trinajstić information content (AvgIpc) is 2.46. The van der Waals surface area contributed by atoms with E-state index in [4.69, 9.17) is 9.47 Å². The number of hydrogen-bond donors (Lipinski definition) is 1. The van der Waals surface area contributed by atoms with E-state index in [1.807, 2.05) is 6.92 Å². The van der Waals surface area contributed by atoms with E-state index in [0.717, 1.165) is 18.2 Å². The Kier molecular flexibility index (Phi) is 6.33. The molecule has 0 spiro atoms. The lowest BCUT2D eigenvalue weighted by Crippen LogP contribution is -2.45. The predicted molar refractivity (Wildman–Crippen MR) is 84.1 cm³/mol. The zero-order chi connectivity index (χ0) is 15.2. The molecule has 112 valence electrons. The van der Waals surface area contributed by atoms with Crippen LogP contribution in [0.1, 0.15) is 37.0 Å². The maximum atomic E-state index is 12.3. The smallest absolute Gasteiger partial charge is 0.251 e. The van der Waals surface area contributed by atoms with Crippen molar-refractivity contribution >= 4 is 21.8 Å². The largest absolute Gasteiger partial charge is 0.493 e. The molecule has 1 N–H and O–H groups in total. The molecule has 1 atom stereocenters. The third-order valence-corrected chi connectivity index (χ3v) is 3.88. The van der Waals surface area contributed by atoms with Crippen LogP contribution in [0.2, 0.25) is 0 Å². The number of alkyl halides is 1. The molecule has 1 unspecified atom stereocenters. The van der Waals surface area contributed by atoms with Gasteiger partial charge in [0, 0.05) is 16.4 Å². The van der Waals surface area contributed by atoms with Crippen molar-refractivity contribution in [3.05, 3.63) is 23.8 Å². The topological polar surface area (TPSA) is 47.6 Å². The first-order chi connectivity index (χ1) is 9.49. The van der Waals surface area contributed by atoms with Crippen LogP contribution >= 0.6 is 15.9 Å². The summed E-state index contributed by atoms with van der Waals surface area (Å²) in [5.41, 5.74) is 0.352. The van der Waals surface area contributed by atoms with Crippen LogP contribution in [-0.4, -0.2) is 31.0 Å². The fourth-order valence-corrected chi connectivity index (χ4v) is 2.74. The number of amides is 1. The summed E-state index contributed by atoms with van der Waals surface area (Å²) < 4.78 is 10.4. The normalized spacial score (nSPS) is 13.4. The Morgan fingerprint density at radius 3 is 2.45 bits per heavy atom. The number of methoxy groups -OCH3 is 2. The second kappa shape index (κ2) is 7.53. The van der Waals surface area contributed by atoms with E-state index in [1.54, 1.807) is 32.4 Å². The van der Waals surface area contributed by atoms with Crippen LogP contribution in [0.15, 0.2) is 18.2 Å². The molecule has 4 nitrogen and oxygen atoms in total. The summed E-state index contributed by atoms with van der Waals surface area (Å²) in [6.45, 7) is 4.12. The van der Waals surface area contributed by atoms with Gasteiger partial charge in [-0.3, -0.25) is 4.79 Å². The van der Waals surface area contributed by atoms with E-state index in [1.165, 1.54) is 0 Å². The van der Waals surface area contributed by atoms with Gasteiger partial charge in [-0.25, -0.2) is 0 Å². The molecule has 0 aliphatic rings. The lowest BCUT2D eigenvalue weighted by Gasteiger charge is -2.29. The Labute approximate surface area is 129 Å². The molecule has 0 saturated carbocycles. The number of nitrogens with one attached hydrogen (secondary N) is 1. The van der Waals surface area contributed by atoms with Crippen molar-refractivity contribution in [3.63, 3.8) is 0 Å². The Morgan fingerprint density at radius 1 is 1.30 bits per heavy atom. The molecule has 5 heteroatoms. The van der Waals surface area contributed by atoms with Gasteiger partial charge in [0.2, 0.25) is 0 Å². The molecule has 0 fully saturated rings. The molecule has 1 rings (SSSR count). The van der Waals surface area contributed by atoms with E-state index in [-0.39, 0.29) is 11.4 Å². The summed E-state index contributed by atoms with van der Waals surface area (Å²) in [7, 11) is 3.13. The number of hydrogen-bond acceptors (Lipinski definition) is 3. The van der Waals surface area contributed by atoms with Crippen molar-refractivity contribution in [2.75, 3.05) is 19.5 Å². The van der Waals surface area contributed by atoms with Gasteiger partial charge in [0.25, 0.3) is 5.91 Å². The molecule has 0 aromatic heterocycles. The number of halogens is 1. The predicted octanol–water partition coefficient (Wildman–Crippen LogP) is 3.39. The van der Waals surface area contributed by atoms with Crippen molar-refractivity contribution in [2.45, 2.75) is 32.2 Å². The van der Waals surface area contributed by atoms with Crippen molar-refractivity contribution in [2.24, 2.45) is 0 Å². The van der Waals surface area contributed by atoms with Crippen LogP contribution < -0.4 is 14.8 Å². The van der Waals surface area contributed by atoms with E-state index in [9.17, 15) is 4.79 Å². The van der Waals surface area contributed by atoms with Crippen LogP contribution in [0.3, 0.4) is 0 Å². The summed E-state index contributed by atoms with van der Waals surface area (Å²) in [6.07, 6.45) is 1.75. The molecule has 20 heavy (non-hydrogen) atoms. The van der Waals surface area contributed by atoms with E-state index in [2.05, 4.69) is 28.2 Å². The average molecular weight is 344 g/mol. The summed E-state index contributed by atoms with van der Waals surface area (Å²) in [5, 5.41) is 3.93. The van der Waals surface area contributed by atoms with E-state index < -0.39 is 0 Å². The Balaban J connectivity index is 2.92. The van der Waals surface area contributed by atoms with Gasteiger partial charge in [-0.1, -0.05) is 22.9 Å². The second-order valence-corrected chi connectivity index (χ2v) is 5.67. The van der Waals surface area contributed by atoms with Crippen LogP contribution in [0.4, 0.5) is 0 Å². The highest BCUT2D eigenvalue weighted by Gasteiger charge is 2.24. The van der Waals surface area contributed by atoms with Crippen LogP contribution in [-0.2, 0) is 0 Å². The van der Waals surface area contributed by atoms with Crippen molar-refractivity contribution in [1.82, 2.24) is 5.32 Å². The fourth-order valence-electron chi connectivity index (χ4n) is 1.86. The molecule has 0 radical (unpaired) electrons. The summed E-state index contributed by atoms with van der Waals surface area (Å²) in [6, 6.07) is 5.17. The van der Waals surface area contributed by atoms with Crippen LogP contribution in [0.5, 0.6) is 11.5 Å². The van der Waals surface area contributed by atoms with Crippen LogP contribution in [0, 0.1) is 0 Å². The van der Waals surface area contributed by atoms with Gasteiger partial charge in [-0.15, -0.1) is 0 Å². The Hall–Kier alpha value is -1.23. The van der Waals surface area contributed by atoms with Crippen LogP contribution in [0.25, 0.3) is 0 Å². The summed E-state index contributed by atoms with van der Waals surface area (Å²) >= 11 is 3.43.